The summed E-state index contributed by atoms with van der Waals surface area (Å²) in [7, 11) is 0. The Balaban J connectivity index is 2.06. The maximum Gasteiger partial charge on any atom is 0.161 e. The third-order valence-corrected chi connectivity index (χ3v) is 2.78. The van der Waals surface area contributed by atoms with Crippen molar-refractivity contribution in [1.29, 1.82) is 0 Å². The summed E-state index contributed by atoms with van der Waals surface area (Å²) in [4.78, 5) is 0. The Morgan fingerprint density at radius 2 is 2.12 bits per heavy atom. The lowest BCUT2D eigenvalue weighted by molar-refractivity contribution is -0.00640. The van der Waals surface area contributed by atoms with Crippen molar-refractivity contribution >= 4 is 0 Å². The van der Waals surface area contributed by atoms with E-state index in [2.05, 4.69) is 0 Å². The molecule has 0 bridgehead atoms. The van der Waals surface area contributed by atoms with Crippen LogP contribution < -0.4 is 15.2 Å². The van der Waals surface area contributed by atoms with Crippen LogP contribution in [0.25, 0.3) is 0 Å². The van der Waals surface area contributed by atoms with E-state index < -0.39 is 0 Å². The molecule has 17 heavy (non-hydrogen) atoms. The third-order valence-electron chi connectivity index (χ3n) is 2.78. The predicted octanol–water partition coefficient (Wildman–Crippen LogP) is 1.58. The van der Waals surface area contributed by atoms with Crippen molar-refractivity contribution in [3.63, 3.8) is 0 Å². The van der Waals surface area contributed by atoms with Gasteiger partial charge in [0, 0.05) is 12.6 Å². The highest BCUT2D eigenvalue weighted by atomic mass is 16.6. The topological polar surface area (TPSA) is 53.7 Å². The molecule has 2 atom stereocenters. The molecule has 1 aliphatic heterocycles. The summed E-state index contributed by atoms with van der Waals surface area (Å²) < 4.78 is 16.8. The molecule has 94 valence electrons. The molecule has 1 saturated heterocycles. The van der Waals surface area contributed by atoms with E-state index in [4.69, 9.17) is 19.9 Å². The average Bonchev–Trinajstić information content (AvgIpc) is 2.35. The first kappa shape index (κ1) is 12.2. The molecule has 0 amide bonds. The van der Waals surface area contributed by atoms with Gasteiger partial charge in [-0.05, 0) is 25.5 Å². The fourth-order valence-electron chi connectivity index (χ4n) is 1.84. The maximum absolute atomic E-state index is 6.01. The molecule has 0 aliphatic carbocycles. The van der Waals surface area contributed by atoms with Gasteiger partial charge in [-0.3, -0.25) is 0 Å². The smallest absolute Gasteiger partial charge is 0.161 e. The van der Waals surface area contributed by atoms with Crippen molar-refractivity contribution in [1.82, 2.24) is 0 Å². The molecule has 2 unspecified atom stereocenters. The molecule has 4 nitrogen and oxygen atoms in total. The molecule has 1 aromatic carbocycles. The second kappa shape index (κ2) is 5.89. The van der Waals surface area contributed by atoms with Gasteiger partial charge in [0.15, 0.2) is 11.5 Å². The molecular weight excluding hydrogens is 218 g/mol. The van der Waals surface area contributed by atoms with Gasteiger partial charge in [-0.15, -0.1) is 0 Å². The molecule has 1 aromatic rings. The second-order valence-corrected chi connectivity index (χ2v) is 4.06. The van der Waals surface area contributed by atoms with E-state index in [0.717, 1.165) is 17.9 Å². The van der Waals surface area contributed by atoms with Crippen LogP contribution in [0.4, 0.5) is 0 Å². The van der Waals surface area contributed by atoms with Crippen LogP contribution >= 0.6 is 0 Å². The van der Waals surface area contributed by atoms with Gasteiger partial charge in [-0.2, -0.15) is 0 Å². The molecule has 1 heterocycles. The molecule has 1 fully saturated rings. The van der Waals surface area contributed by atoms with Crippen LogP contribution in [0.3, 0.4) is 0 Å². The fraction of sp³-hybridized carbons (Fsp3) is 0.538. The Bertz CT molecular complexity index is 356. The standard InChI is InChI=1S/C13H19NO3/c1-2-16-11-5-3-4-6-12(11)17-13-9-15-8-7-10(13)14/h3-6,10,13H,2,7-9,14H2,1H3. The highest BCUT2D eigenvalue weighted by Crippen LogP contribution is 2.28. The van der Waals surface area contributed by atoms with Gasteiger partial charge in [0.1, 0.15) is 6.10 Å². The van der Waals surface area contributed by atoms with Gasteiger partial charge in [-0.1, -0.05) is 12.1 Å². The molecule has 2 rings (SSSR count). The van der Waals surface area contributed by atoms with E-state index in [-0.39, 0.29) is 12.1 Å². The number of hydrogen-bond acceptors (Lipinski definition) is 4. The van der Waals surface area contributed by atoms with Crippen molar-refractivity contribution in [2.24, 2.45) is 5.73 Å². The van der Waals surface area contributed by atoms with Crippen LogP contribution in [0.5, 0.6) is 11.5 Å². The minimum absolute atomic E-state index is 0.0263. The Labute approximate surface area is 102 Å². The summed E-state index contributed by atoms with van der Waals surface area (Å²) in [5, 5.41) is 0. The molecule has 0 saturated carbocycles. The van der Waals surface area contributed by atoms with Gasteiger partial charge in [0.05, 0.1) is 13.2 Å². The number of nitrogens with two attached hydrogens (primary N) is 1. The van der Waals surface area contributed by atoms with Crippen molar-refractivity contribution in [3.05, 3.63) is 24.3 Å². The molecule has 0 aromatic heterocycles. The molecular formula is C13H19NO3. The Morgan fingerprint density at radius 3 is 2.82 bits per heavy atom. The van der Waals surface area contributed by atoms with Crippen LogP contribution in [-0.2, 0) is 4.74 Å². The zero-order valence-corrected chi connectivity index (χ0v) is 10.1. The number of ether oxygens (including phenoxy) is 3. The van der Waals surface area contributed by atoms with Gasteiger partial charge < -0.3 is 19.9 Å². The highest BCUT2D eigenvalue weighted by Gasteiger charge is 2.25. The monoisotopic (exact) mass is 237 g/mol. The van der Waals surface area contributed by atoms with Gasteiger partial charge in [0.2, 0.25) is 0 Å². The highest BCUT2D eigenvalue weighted by molar-refractivity contribution is 5.39. The minimum atomic E-state index is -0.0923. The summed E-state index contributed by atoms with van der Waals surface area (Å²) >= 11 is 0. The summed E-state index contributed by atoms with van der Waals surface area (Å²) in [5.41, 5.74) is 6.01. The van der Waals surface area contributed by atoms with Crippen LogP contribution in [0, 0.1) is 0 Å². The molecule has 0 radical (unpaired) electrons. The van der Waals surface area contributed by atoms with Crippen LogP contribution in [0.15, 0.2) is 24.3 Å². The fourth-order valence-corrected chi connectivity index (χ4v) is 1.84. The molecule has 2 N–H and O–H groups in total. The average molecular weight is 237 g/mol. The lowest BCUT2D eigenvalue weighted by Crippen LogP contribution is -2.46. The maximum atomic E-state index is 6.01. The van der Waals surface area contributed by atoms with Crippen LogP contribution in [0.2, 0.25) is 0 Å². The summed E-state index contributed by atoms with van der Waals surface area (Å²) in [6, 6.07) is 7.67. The Hall–Kier alpha value is -1.26. The summed E-state index contributed by atoms with van der Waals surface area (Å²) in [6.07, 6.45) is 0.743. The largest absolute Gasteiger partial charge is 0.490 e. The van der Waals surface area contributed by atoms with Crippen molar-refractivity contribution < 1.29 is 14.2 Å². The van der Waals surface area contributed by atoms with Crippen molar-refractivity contribution in [2.45, 2.75) is 25.5 Å². The SMILES string of the molecule is CCOc1ccccc1OC1COCCC1N. The molecule has 1 aliphatic rings. The first-order valence-corrected chi connectivity index (χ1v) is 6.03. The lowest BCUT2D eigenvalue weighted by atomic mass is 10.1. The van der Waals surface area contributed by atoms with E-state index in [9.17, 15) is 0 Å². The van der Waals surface area contributed by atoms with E-state index in [0.29, 0.717) is 19.8 Å². The minimum Gasteiger partial charge on any atom is -0.490 e. The molecule has 0 spiro atoms. The zero-order valence-electron chi connectivity index (χ0n) is 10.1. The van der Waals surface area contributed by atoms with E-state index in [1.165, 1.54) is 0 Å². The third kappa shape index (κ3) is 3.11. The second-order valence-electron chi connectivity index (χ2n) is 4.06. The lowest BCUT2D eigenvalue weighted by Gasteiger charge is -2.29. The number of benzene rings is 1. The first-order chi connectivity index (χ1) is 8.31. The van der Waals surface area contributed by atoms with Crippen molar-refractivity contribution in [2.75, 3.05) is 19.8 Å². The first-order valence-electron chi connectivity index (χ1n) is 6.03. The Morgan fingerprint density at radius 1 is 1.35 bits per heavy atom. The molecule has 4 heteroatoms. The predicted molar refractivity (Wildman–Crippen MR) is 65.4 cm³/mol. The van der Waals surface area contributed by atoms with E-state index in [1.807, 2.05) is 31.2 Å². The number of hydrogen-bond donors (Lipinski definition) is 1. The van der Waals surface area contributed by atoms with Crippen molar-refractivity contribution in [3.8, 4) is 11.5 Å². The normalized spacial score (nSPS) is 24.4. The van der Waals surface area contributed by atoms with Crippen LogP contribution in [-0.4, -0.2) is 32.0 Å². The van der Waals surface area contributed by atoms with Gasteiger partial charge in [0.25, 0.3) is 0 Å². The summed E-state index contributed by atoms with van der Waals surface area (Å²) in [5.74, 6) is 1.49. The zero-order chi connectivity index (χ0) is 12.1. The van der Waals surface area contributed by atoms with E-state index >= 15 is 0 Å². The van der Waals surface area contributed by atoms with Gasteiger partial charge in [-0.25, -0.2) is 0 Å². The quantitative estimate of drug-likeness (QED) is 0.863. The van der Waals surface area contributed by atoms with Gasteiger partial charge >= 0.3 is 0 Å². The number of para-hydroxylation sites is 2. The van der Waals surface area contributed by atoms with E-state index in [1.54, 1.807) is 0 Å². The Kier molecular flexibility index (Phi) is 4.23. The number of rotatable bonds is 4. The van der Waals surface area contributed by atoms with Crippen LogP contribution in [0.1, 0.15) is 13.3 Å². The summed E-state index contributed by atoms with van der Waals surface area (Å²) in [6.45, 7) is 3.83.